The Morgan fingerprint density at radius 2 is 1.69 bits per heavy atom. The maximum Gasteiger partial charge on any atom is 0.163 e. The molecule has 6 nitrogen and oxygen atoms in total. The van der Waals surface area contributed by atoms with Crippen LogP contribution < -0.4 is 4.90 Å². The van der Waals surface area contributed by atoms with E-state index in [1.807, 2.05) is 30.6 Å². The molecular weight excluding hydrogens is 362 g/mol. The quantitative estimate of drug-likeness (QED) is 0.667. The second-order valence-corrected chi connectivity index (χ2v) is 8.10. The number of anilines is 1. The van der Waals surface area contributed by atoms with Crippen LogP contribution in [0.5, 0.6) is 0 Å². The van der Waals surface area contributed by atoms with Crippen LogP contribution in [-0.2, 0) is 4.79 Å². The van der Waals surface area contributed by atoms with Crippen LogP contribution in [0, 0.1) is 0 Å². The molecule has 29 heavy (non-hydrogen) atoms. The van der Waals surface area contributed by atoms with E-state index in [1.54, 1.807) is 0 Å². The lowest BCUT2D eigenvalue weighted by Crippen LogP contribution is -2.34. The number of rotatable bonds is 3. The summed E-state index contributed by atoms with van der Waals surface area (Å²) in [4.78, 5) is 32.4. The first-order valence-electron chi connectivity index (χ1n) is 10.6. The number of hydrogen-bond donors (Lipinski definition) is 0. The number of fused-ring (bicyclic) bond motifs is 1. The zero-order valence-corrected chi connectivity index (χ0v) is 16.5. The molecule has 0 aromatic carbocycles. The Balaban J connectivity index is 1.39. The number of piperidine rings is 1. The van der Waals surface area contributed by atoms with Gasteiger partial charge in [0.05, 0.1) is 5.69 Å². The van der Waals surface area contributed by atoms with E-state index in [1.165, 1.54) is 32.1 Å². The van der Waals surface area contributed by atoms with E-state index in [-0.39, 0.29) is 0 Å². The lowest BCUT2D eigenvalue weighted by Gasteiger charge is -2.27. The SMILES string of the molecule is O=C1CCN(c2ccc(-c3ccc4cnc(C5CCCCC5)nc4n3)cn2)CC1. The first-order chi connectivity index (χ1) is 14.3. The third-order valence-corrected chi connectivity index (χ3v) is 6.12. The van der Waals surface area contributed by atoms with E-state index >= 15 is 0 Å². The van der Waals surface area contributed by atoms with Crippen molar-refractivity contribution in [3.8, 4) is 11.3 Å². The summed E-state index contributed by atoms with van der Waals surface area (Å²) in [6.07, 6.45) is 11.2. The van der Waals surface area contributed by atoms with E-state index in [0.29, 0.717) is 24.5 Å². The lowest BCUT2D eigenvalue weighted by molar-refractivity contribution is -0.119. The van der Waals surface area contributed by atoms with Gasteiger partial charge in [-0.2, -0.15) is 0 Å². The van der Waals surface area contributed by atoms with Crippen LogP contribution in [0.15, 0.2) is 36.7 Å². The van der Waals surface area contributed by atoms with E-state index < -0.39 is 0 Å². The number of carbonyl (C=O) groups excluding carboxylic acids is 1. The number of pyridine rings is 2. The van der Waals surface area contributed by atoms with Crippen LogP contribution >= 0.6 is 0 Å². The molecule has 1 saturated heterocycles. The minimum absolute atomic E-state index is 0.341. The highest BCUT2D eigenvalue weighted by Gasteiger charge is 2.19. The van der Waals surface area contributed by atoms with Crippen LogP contribution in [0.25, 0.3) is 22.3 Å². The minimum atomic E-state index is 0.341. The van der Waals surface area contributed by atoms with Crippen molar-refractivity contribution < 1.29 is 4.79 Å². The Bertz CT molecular complexity index is 1020. The molecule has 1 aliphatic carbocycles. The second kappa shape index (κ2) is 7.85. The fraction of sp³-hybridized carbons (Fsp3) is 0.435. The third kappa shape index (κ3) is 3.84. The summed E-state index contributed by atoms with van der Waals surface area (Å²) in [5.41, 5.74) is 2.61. The molecule has 0 amide bonds. The van der Waals surface area contributed by atoms with E-state index in [0.717, 1.165) is 47.0 Å². The Morgan fingerprint density at radius 3 is 2.45 bits per heavy atom. The first kappa shape index (κ1) is 18.2. The predicted octanol–water partition coefficient (Wildman–Crippen LogP) is 4.30. The zero-order valence-electron chi connectivity index (χ0n) is 16.5. The predicted molar refractivity (Wildman–Crippen MR) is 113 cm³/mol. The first-order valence-corrected chi connectivity index (χ1v) is 10.6. The summed E-state index contributed by atoms with van der Waals surface area (Å²) in [5.74, 6) is 2.67. The molecule has 6 heteroatoms. The van der Waals surface area contributed by atoms with Crippen LogP contribution in [0.2, 0.25) is 0 Å². The molecular formula is C23H25N5O. The molecule has 2 aliphatic rings. The van der Waals surface area contributed by atoms with Crippen molar-refractivity contribution >= 4 is 22.6 Å². The van der Waals surface area contributed by atoms with Crippen molar-refractivity contribution in [2.24, 2.45) is 0 Å². The number of Topliss-reactive ketones (excluding diaryl/α,β-unsaturated/α-hetero) is 1. The van der Waals surface area contributed by atoms with E-state index in [4.69, 9.17) is 9.97 Å². The number of carbonyl (C=O) groups is 1. The van der Waals surface area contributed by atoms with Crippen molar-refractivity contribution in [3.63, 3.8) is 0 Å². The zero-order chi connectivity index (χ0) is 19.6. The van der Waals surface area contributed by atoms with Gasteiger partial charge in [-0.15, -0.1) is 0 Å². The van der Waals surface area contributed by atoms with Crippen molar-refractivity contribution in [1.82, 2.24) is 19.9 Å². The molecule has 1 aliphatic heterocycles. The molecule has 148 valence electrons. The highest BCUT2D eigenvalue weighted by atomic mass is 16.1. The van der Waals surface area contributed by atoms with Crippen molar-refractivity contribution in [3.05, 3.63) is 42.5 Å². The lowest BCUT2D eigenvalue weighted by atomic mass is 9.89. The van der Waals surface area contributed by atoms with Gasteiger partial charge in [0.15, 0.2) is 5.65 Å². The number of nitrogens with zero attached hydrogens (tertiary/aromatic N) is 5. The van der Waals surface area contributed by atoms with Gasteiger partial charge in [0.2, 0.25) is 0 Å². The fourth-order valence-corrected chi connectivity index (χ4v) is 4.35. The molecule has 2 fully saturated rings. The molecule has 0 atom stereocenters. The van der Waals surface area contributed by atoms with E-state index in [2.05, 4.69) is 20.9 Å². The van der Waals surface area contributed by atoms with Gasteiger partial charge < -0.3 is 4.90 Å². The summed E-state index contributed by atoms with van der Waals surface area (Å²) in [6.45, 7) is 1.50. The highest BCUT2D eigenvalue weighted by Crippen LogP contribution is 2.31. The van der Waals surface area contributed by atoms with Crippen molar-refractivity contribution in [2.45, 2.75) is 50.9 Å². The Labute approximate surface area is 170 Å². The smallest absolute Gasteiger partial charge is 0.163 e. The maximum atomic E-state index is 11.4. The van der Waals surface area contributed by atoms with Gasteiger partial charge in [-0.25, -0.2) is 19.9 Å². The maximum absolute atomic E-state index is 11.4. The molecule has 0 radical (unpaired) electrons. The number of hydrogen-bond acceptors (Lipinski definition) is 6. The van der Waals surface area contributed by atoms with Gasteiger partial charge in [0, 0.05) is 55.2 Å². The van der Waals surface area contributed by atoms with Gasteiger partial charge in [-0.05, 0) is 37.1 Å². The van der Waals surface area contributed by atoms with Crippen LogP contribution in [0.1, 0.15) is 56.7 Å². The normalized spacial score (nSPS) is 18.3. The molecule has 0 spiro atoms. The molecule has 4 heterocycles. The number of ketones is 1. The fourth-order valence-electron chi connectivity index (χ4n) is 4.35. The van der Waals surface area contributed by atoms with Crippen LogP contribution in [-0.4, -0.2) is 38.8 Å². The summed E-state index contributed by atoms with van der Waals surface area (Å²) in [6, 6.07) is 8.11. The molecule has 0 unspecified atom stereocenters. The van der Waals surface area contributed by atoms with Gasteiger partial charge in [-0.3, -0.25) is 4.79 Å². The Morgan fingerprint density at radius 1 is 0.862 bits per heavy atom. The van der Waals surface area contributed by atoms with Gasteiger partial charge in [0.25, 0.3) is 0 Å². The summed E-state index contributed by atoms with van der Waals surface area (Å²) < 4.78 is 0. The van der Waals surface area contributed by atoms with Gasteiger partial charge >= 0.3 is 0 Å². The average Bonchev–Trinajstić information content (AvgIpc) is 2.79. The molecule has 0 bridgehead atoms. The van der Waals surface area contributed by atoms with Crippen molar-refractivity contribution in [1.29, 1.82) is 0 Å². The molecule has 1 saturated carbocycles. The molecule has 5 rings (SSSR count). The Hall–Kier alpha value is -2.89. The summed E-state index contributed by atoms with van der Waals surface area (Å²) >= 11 is 0. The van der Waals surface area contributed by atoms with Crippen molar-refractivity contribution in [2.75, 3.05) is 18.0 Å². The Kier molecular flexibility index (Phi) is 4.92. The highest BCUT2D eigenvalue weighted by molar-refractivity contribution is 5.81. The summed E-state index contributed by atoms with van der Waals surface area (Å²) in [5, 5.41) is 0.968. The second-order valence-electron chi connectivity index (χ2n) is 8.10. The van der Waals surface area contributed by atoms with Gasteiger partial charge in [0.1, 0.15) is 17.4 Å². The number of aromatic nitrogens is 4. The largest absolute Gasteiger partial charge is 0.356 e. The van der Waals surface area contributed by atoms with E-state index in [9.17, 15) is 4.79 Å². The third-order valence-electron chi connectivity index (χ3n) is 6.12. The van der Waals surface area contributed by atoms with Gasteiger partial charge in [-0.1, -0.05) is 19.3 Å². The summed E-state index contributed by atoms with van der Waals surface area (Å²) in [7, 11) is 0. The average molecular weight is 387 g/mol. The molecule has 0 N–H and O–H groups in total. The molecule has 3 aromatic heterocycles. The standard InChI is InChI=1S/C23H25N5O/c29-19-10-12-28(13-11-19)21-9-7-17(14-24-21)20-8-6-18-15-25-22(27-23(18)26-20)16-4-2-1-3-5-16/h6-9,14-16H,1-5,10-13H2. The topological polar surface area (TPSA) is 71.9 Å². The monoisotopic (exact) mass is 387 g/mol. The van der Waals surface area contributed by atoms with Crippen LogP contribution in [0.4, 0.5) is 5.82 Å². The minimum Gasteiger partial charge on any atom is -0.356 e. The van der Waals surface area contributed by atoms with Crippen LogP contribution in [0.3, 0.4) is 0 Å². The molecule has 3 aromatic rings.